The van der Waals surface area contributed by atoms with E-state index in [4.69, 9.17) is 21.4 Å². The number of benzene rings is 1. The quantitative estimate of drug-likeness (QED) is 0.826. The van der Waals surface area contributed by atoms with Crippen LogP contribution in [0.15, 0.2) is 42.7 Å². The van der Waals surface area contributed by atoms with Crippen LogP contribution in [-0.2, 0) is 13.2 Å². The van der Waals surface area contributed by atoms with Crippen LogP contribution in [0.1, 0.15) is 18.1 Å². The van der Waals surface area contributed by atoms with Gasteiger partial charge < -0.3 is 15.2 Å². The lowest BCUT2D eigenvalue weighted by atomic mass is 10.2. The molecule has 5 heteroatoms. The number of halogens is 1. The Labute approximate surface area is 129 Å². The van der Waals surface area contributed by atoms with Gasteiger partial charge in [-0.2, -0.15) is 0 Å². The summed E-state index contributed by atoms with van der Waals surface area (Å²) in [7, 11) is 0. The Morgan fingerprint density at radius 2 is 2.24 bits per heavy atom. The van der Waals surface area contributed by atoms with Crippen molar-refractivity contribution in [3.63, 3.8) is 0 Å². The summed E-state index contributed by atoms with van der Waals surface area (Å²) in [5, 5.41) is 12.9. The third kappa shape index (κ3) is 5.01. The lowest BCUT2D eigenvalue weighted by Gasteiger charge is -2.15. The maximum absolute atomic E-state index is 9.06. The zero-order chi connectivity index (χ0) is 15.1. The first kappa shape index (κ1) is 15.8. The van der Waals surface area contributed by atoms with Gasteiger partial charge >= 0.3 is 0 Å². The van der Waals surface area contributed by atoms with E-state index in [9.17, 15) is 0 Å². The van der Waals surface area contributed by atoms with Gasteiger partial charge in [-0.3, -0.25) is 4.98 Å². The van der Waals surface area contributed by atoms with Gasteiger partial charge in [-0.05, 0) is 31.2 Å². The van der Waals surface area contributed by atoms with E-state index in [0.717, 1.165) is 16.9 Å². The Morgan fingerprint density at radius 1 is 1.38 bits per heavy atom. The van der Waals surface area contributed by atoms with Crippen molar-refractivity contribution in [3.8, 4) is 5.75 Å². The first-order valence-electron chi connectivity index (χ1n) is 6.83. The second-order valence-corrected chi connectivity index (χ2v) is 5.30. The van der Waals surface area contributed by atoms with E-state index < -0.39 is 0 Å². The topological polar surface area (TPSA) is 54.4 Å². The van der Waals surface area contributed by atoms with Gasteiger partial charge in [0.25, 0.3) is 0 Å². The van der Waals surface area contributed by atoms with E-state index in [0.29, 0.717) is 18.2 Å². The van der Waals surface area contributed by atoms with Gasteiger partial charge in [0.1, 0.15) is 12.4 Å². The van der Waals surface area contributed by atoms with Crippen molar-refractivity contribution in [2.24, 2.45) is 0 Å². The SMILES string of the molecule is CC(CO)NCc1cc(Cl)ccc1OCc1cccnc1. The highest BCUT2D eigenvalue weighted by Gasteiger charge is 2.07. The molecule has 4 nitrogen and oxygen atoms in total. The van der Waals surface area contributed by atoms with Crippen LogP contribution in [0, 0.1) is 0 Å². The van der Waals surface area contributed by atoms with Crippen molar-refractivity contribution in [2.45, 2.75) is 26.1 Å². The highest BCUT2D eigenvalue weighted by Crippen LogP contribution is 2.24. The van der Waals surface area contributed by atoms with E-state index in [2.05, 4.69) is 10.3 Å². The molecule has 1 atom stereocenters. The molecule has 0 radical (unpaired) electrons. The number of nitrogens with zero attached hydrogens (tertiary/aromatic N) is 1. The van der Waals surface area contributed by atoms with Crippen LogP contribution >= 0.6 is 11.6 Å². The molecule has 0 saturated heterocycles. The Hall–Kier alpha value is -1.62. The van der Waals surface area contributed by atoms with Gasteiger partial charge in [0.05, 0.1) is 6.61 Å². The van der Waals surface area contributed by atoms with Crippen LogP contribution in [-0.4, -0.2) is 22.7 Å². The summed E-state index contributed by atoms with van der Waals surface area (Å²) in [6, 6.07) is 9.41. The minimum atomic E-state index is 0.0233. The van der Waals surface area contributed by atoms with Gasteiger partial charge in [0.15, 0.2) is 0 Å². The van der Waals surface area contributed by atoms with E-state index in [1.165, 1.54) is 0 Å². The molecule has 0 fully saturated rings. The van der Waals surface area contributed by atoms with E-state index >= 15 is 0 Å². The lowest BCUT2D eigenvalue weighted by molar-refractivity contribution is 0.249. The highest BCUT2D eigenvalue weighted by molar-refractivity contribution is 6.30. The monoisotopic (exact) mass is 306 g/mol. The van der Waals surface area contributed by atoms with E-state index in [1.54, 1.807) is 18.5 Å². The smallest absolute Gasteiger partial charge is 0.124 e. The van der Waals surface area contributed by atoms with Gasteiger partial charge in [-0.15, -0.1) is 0 Å². The molecule has 2 rings (SSSR count). The number of aliphatic hydroxyl groups is 1. The van der Waals surface area contributed by atoms with Crippen LogP contribution in [0.25, 0.3) is 0 Å². The highest BCUT2D eigenvalue weighted by atomic mass is 35.5. The molecule has 0 amide bonds. The molecule has 2 N–H and O–H groups in total. The van der Waals surface area contributed by atoms with Gasteiger partial charge in [-0.1, -0.05) is 17.7 Å². The van der Waals surface area contributed by atoms with Gasteiger partial charge in [0, 0.05) is 41.1 Å². The zero-order valence-corrected chi connectivity index (χ0v) is 12.7. The van der Waals surface area contributed by atoms with Crippen molar-refractivity contribution >= 4 is 11.6 Å². The fraction of sp³-hybridized carbons (Fsp3) is 0.312. The molecule has 1 aromatic heterocycles. The molecular formula is C16H19ClN2O2. The molecule has 0 spiro atoms. The average molecular weight is 307 g/mol. The Morgan fingerprint density at radius 3 is 2.95 bits per heavy atom. The molecule has 1 unspecified atom stereocenters. The van der Waals surface area contributed by atoms with Crippen molar-refractivity contribution in [3.05, 3.63) is 58.9 Å². The minimum Gasteiger partial charge on any atom is -0.489 e. The molecular weight excluding hydrogens is 288 g/mol. The molecule has 0 aliphatic rings. The second-order valence-electron chi connectivity index (χ2n) is 4.87. The lowest BCUT2D eigenvalue weighted by Crippen LogP contribution is -2.28. The van der Waals surface area contributed by atoms with E-state index in [1.807, 2.05) is 31.2 Å². The molecule has 0 aliphatic heterocycles. The van der Waals surface area contributed by atoms with Crippen LogP contribution in [0.5, 0.6) is 5.75 Å². The Bertz CT molecular complexity index is 563. The normalized spacial score (nSPS) is 12.1. The molecule has 1 heterocycles. The number of hydrogen-bond donors (Lipinski definition) is 2. The third-order valence-electron chi connectivity index (χ3n) is 3.05. The molecule has 112 valence electrons. The summed E-state index contributed by atoms with van der Waals surface area (Å²) < 4.78 is 5.84. The molecule has 1 aromatic carbocycles. The molecule has 0 saturated carbocycles. The van der Waals surface area contributed by atoms with Gasteiger partial charge in [-0.25, -0.2) is 0 Å². The predicted octanol–water partition coefficient (Wildman–Crippen LogP) is 2.78. The number of ether oxygens (including phenoxy) is 1. The van der Waals surface area contributed by atoms with Crippen molar-refractivity contribution < 1.29 is 9.84 Å². The summed E-state index contributed by atoms with van der Waals surface area (Å²) in [5.74, 6) is 0.779. The van der Waals surface area contributed by atoms with Crippen LogP contribution < -0.4 is 10.1 Å². The third-order valence-corrected chi connectivity index (χ3v) is 3.29. The van der Waals surface area contributed by atoms with Crippen LogP contribution in [0.2, 0.25) is 5.02 Å². The van der Waals surface area contributed by atoms with Crippen molar-refractivity contribution in [2.75, 3.05) is 6.61 Å². The first-order chi connectivity index (χ1) is 10.2. The average Bonchev–Trinajstić information content (AvgIpc) is 2.52. The fourth-order valence-corrected chi connectivity index (χ4v) is 2.02. The van der Waals surface area contributed by atoms with Gasteiger partial charge in [0.2, 0.25) is 0 Å². The number of pyridine rings is 1. The molecule has 0 aliphatic carbocycles. The second kappa shape index (κ2) is 7.98. The minimum absolute atomic E-state index is 0.0233. The molecule has 21 heavy (non-hydrogen) atoms. The predicted molar refractivity (Wildman–Crippen MR) is 83.4 cm³/mol. The number of rotatable bonds is 7. The maximum atomic E-state index is 9.06. The van der Waals surface area contributed by atoms with Crippen molar-refractivity contribution in [1.29, 1.82) is 0 Å². The fourth-order valence-electron chi connectivity index (χ4n) is 1.82. The van der Waals surface area contributed by atoms with Crippen LogP contribution in [0.3, 0.4) is 0 Å². The molecule has 0 bridgehead atoms. The Kier molecular flexibility index (Phi) is 5.99. The maximum Gasteiger partial charge on any atom is 0.124 e. The summed E-state index contributed by atoms with van der Waals surface area (Å²) >= 11 is 6.04. The van der Waals surface area contributed by atoms with E-state index in [-0.39, 0.29) is 12.6 Å². The summed E-state index contributed by atoms with van der Waals surface area (Å²) in [4.78, 5) is 4.06. The zero-order valence-electron chi connectivity index (χ0n) is 11.9. The number of aliphatic hydroxyl groups excluding tert-OH is 1. The molecule has 2 aromatic rings. The largest absolute Gasteiger partial charge is 0.489 e. The summed E-state index contributed by atoms with van der Waals surface area (Å²) in [6.45, 7) is 3.05. The summed E-state index contributed by atoms with van der Waals surface area (Å²) in [5.41, 5.74) is 1.97. The standard InChI is InChI=1S/C16H19ClN2O2/c1-12(10-20)19-9-14-7-15(17)4-5-16(14)21-11-13-3-2-6-18-8-13/h2-8,12,19-20H,9-11H2,1H3. The Balaban J connectivity index is 2.04. The van der Waals surface area contributed by atoms with Crippen LogP contribution in [0.4, 0.5) is 0 Å². The number of nitrogens with one attached hydrogen (secondary N) is 1. The number of hydrogen-bond acceptors (Lipinski definition) is 4. The van der Waals surface area contributed by atoms with Crippen molar-refractivity contribution in [1.82, 2.24) is 10.3 Å². The number of aromatic nitrogens is 1. The first-order valence-corrected chi connectivity index (χ1v) is 7.21. The summed E-state index contributed by atoms with van der Waals surface area (Å²) in [6.07, 6.45) is 3.51.